The normalized spacial score (nSPS) is 15.8. The first-order chi connectivity index (χ1) is 8.94. The van der Waals surface area contributed by atoms with E-state index in [1.807, 2.05) is 34.6 Å². The minimum Gasteiger partial charge on any atom is -0.351 e. The lowest BCUT2D eigenvalue weighted by Gasteiger charge is -2.29. The number of nitrogens with zero attached hydrogens (tertiary/aromatic N) is 4. The van der Waals surface area contributed by atoms with E-state index in [4.69, 9.17) is 0 Å². The molecule has 0 radical (unpaired) electrons. The zero-order chi connectivity index (χ0) is 15.7. The van der Waals surface area contributed by atoms with E-state index < -0.39 is 6.04 Å². The van der Waals surface area contributed by atoms with E-state index in [0.29, 0.717) is 5.82 Å². The topological polar surface area (TPSA) is 72.7 Å². The monoisotopic (exact) mass is 281 g/mol. The van der Waals surface area contributed by atoms with E-state index in [1.165, 1.54) is 0 Å². The second-order valence-electron chi connectivity index (χ2n) is 7.47. The van der Waals surface area contributed by atoms with Crippen LogP contribution < -0.4 is 5.32 Å². The second-order valence-corrected chi connectivity index (χ2v) is 7.47. The molecular weight excluding hydrogens is 254 g/mol. The van der Waals surface area contributed by atoms with Crippen LogP contribution >= 0.6 is 0 Å². The Kier molecular flexibility index (Phi) is 4.56. The van der Waals surface area contributed by atoms with Gasteiger partial charge in [-0.05, 0) is 29.7 Å². The maximum atomic E-state index is 12.4. The minimum absolute atomic E-state index is 0.0167. The van der Waals surface area contributed by atoms with E-state index in [0.717, 1.165) is 0 Å². The fourth-order valence-electron chi connectivity index (χ4n) is 1.61. The van der Waals surface area contributed by atoms with Crippen molar-refractivity contribution in [3.8, 4) is 0 Å². The van der Waals surface area contributed by atoms with Crippen LogP contribution in [0.4, 0.5) is 0 Å². The van der Waals surface area contributed by atoms with Gasteiger partial charge in [0.25, 0.3) is 0 Å². The van der Waals surface area contributed by atoms with E-state index in [9.17, 15) is 4.79 Å². The number of rotatable bonds is 3. The third-order valence-corrected chi connectivity index (χ3v) is 3.57. The molecule has 6 heteroatoms. The molecule has 0 aliphatic rings. The van der Waals surface area contributed by atoms with E-state index in [-0.39, 0.29) is 22.8 Å². The molecular formula is C14H27N5O. The standard InChI is InChI=1S/C14H27N5O/c1-9(11(20)15-10(2)13(3,4)5)19-12(14(6,7)8)16-17-18-19/h9-10H,1-8H3,(H,15,20)/t9-,10+/m0/s1. The van der Waals surface area contributed by atoms with Gasteiger partial charge in [0.1, 0.15) is 6.04 Å². The number of aromatic nitrogens is 4. The Hall–Kier alpha value is -1.46. The van der Waals surface area contributed by atoms with Crippen LogP contribution in [-0.2, 0) is 10.2 Å². The zero-order valence-corrected chi connectivity index (χ0v) is 13.9. The van der Waals surface area contributed by atoms with Crippen molar-refractivity contribution in [3.05, 3.63) is 5.82 Å². The average molecular weight is 281 g/mol. The summed E-state index contributed by atoms with van der Waals surface area (Å²) in [6, 6.07) is -0.351. The highest BCUT2D eigenvalue weighted by molar-refractivity contribution is 5.80. The minimum atomic E-state index is -0.427. The van der Waals surface area contributed by atoms with Crippen molar-refractivity contribution in [2.75, 3.05) is 0 Å². The Morgan fingerprint density at radius 1 is 1.15 bits per heavy atom. The molecule has 0 aliphatic heterocycles. The predicted octanol–water partition coefficient (Wildman–Crippen LogP) is 2.08. The van der Waals surface area contributed by atoms with Gasteiger partial charge in [0.15, 0.2) is 5.82 Å². The van der Waals surface area contributed by atoms with Crippen LogP contribution in [0.5, 0.6) is 0 Å². The summed E-state index contributed by atoms with van der Waals surface area (Å²) in [6.07, 6.45) is 0. The van der Waals surface area contributed by atoms with Crippen LogP contribution in [0.25, 0.3) is 0 Å². The predicted molar refractivity (Wildman–Crippen MR) is 78.3 cm³/mol. The molecule has 1 heterocycles. The van der Waals surface area contributed by atoms with Gasteiger partial charge in [-0.2, -0.15) is 0 Å². The SMILES string of the molecule is C[C@@H](C(=O)N[C@H](C)C(C)(C)C)n1nnnc1C(C)(C)C. The maximum Gasteiger partial charge on any atom is 0.244 e. The molecule has 1 rings (SSSR count). The van der Waals surface area contributed by atoms with Gasteiger partial charge in [-0.1, -0.05) is 41.5 Å². The molecule has 1 aromatic heterocycles. The van der Waals surface area contributed by atoms with E-state index in [1.54, 1.807) is 4.68 Å². The van der Waals surface area contributed by atoms with E-state index >= 15 is 0 Å². The van der Waals surface area contributed by atoms with Gasteiger partial charge >= 0.3 is 0 Å². The fourth-order valence-corrected chi connectivity index (χ4v) is 1.61. The van der Waals surface area contributed by atoms with Crippen molar-refractivity contribution < 1.29 is 4.79 Å². The van der Waals surface area contributed by atoms with Gasteiger partial charge in [-0.3, -0.25) is 4.79 Å². The molecule has 0 aromatic carbocycles. The second kappa shape index (κ2) is 5.50. The van der Waals surface area contributed by atoms with Crippen LogP contribution in [0.3, 0.4) is 0 Å². The lowest BCUT2D eigenvalue weighted by atomic mass is 9.88. The van der Waals surface area contributed by atoms with Crippen molar-refractivity contribution in [3.63, 3.8) is 0 Å². The Morgan fingerprint density at radius 2 is 1.70 bits per heavy atom. The third kappa shape index (κ3) is 3.77. The first-order valence-corrected chi connectivity index (χ1v) is 7.03. The molecule has 0 saturated carbocycles. The van der Waals surface area contributed by atoms with Crippen molar-refractivity contribution in [2.45, 2.75) is 72.9 Å². The largest absolute Gasteiger partial charge is 0.351 e. The number of tetrazole rings is 1. The summed E-state index contributed by atoms with van der Waals surface area (Å²) in [7, 11) is 0. The summed E-state index contributed by atoms with van der Waals surface area (Å²) in [6.45, 7) is 16.2. The van der Waals surface area contributed by atoms with Crippen LogP contribution in [0.15, 0.2) is 0 Å². The molecule has 2 atom stereocenters. The number of hydrogen-bond acceptors (Lipinski definition) is 4. The van der Waals surface area contributed by atoms with Gasteiger partial charge < -0.3 is 5.32 Å². The van der Waals surface area contributed by atoms with Crippen molar-refractivity contribution in [2.24, 2.45) is 5.41 Å². The van der Waals surface area contributed by atoms with Gasteiger partial charge in [-0.15, -0.1) is 5.10 Å². The molecule has 0 aliphatic carbocycles. The van der Waals surface area contributed by atoms with Gasteiger partial charge in [-0.25, -0.2) is 4.68 Å². The Labute approximate surface area is 121 Å². The lowest BCUT2D eigenvalue weighted by molar-refractivity contribution is -0.125. The number of carbonyl (C=O) groups excluding carboxylic acids is 1. The molecule has 1 aromatic rings. The van der Waals surface area contributed by atoms with Gasteiger partial charge in [0.05, 0.1) is 0 Å². The molecule has 0 fully saturated rings. The number of nitrogens with one attached hydrogen (secondary N) is 1. The molecule has 0 saturated heterocycles. The Morgan fingerprint density at radius 3 is 2.15 bits per heavy atom. The highest BCUT2D eigenvalue weighted by atomic mass is 16.2. The van der Waals surface area contributed by atoms with Crippen LogP contribution in [0, 0.1) is 5.41 Å². The Bertz CT molecular complexity index is 467. The van der Waals surface area contributed by atoms with Gasteiger partial charge in [0.2, 0.25) is 5.91 Å². The van der Waals surface area contributed by atoms with Crippen molar-refractivity contribution in [1.82, 2.24) is 25.5 Å². The average Bonchev–Trinajstić information content (AvgIpc) is 2.74. The van der Waals surface area contributed by atoms with Crippen LogP contribution in [0.1, 0.15) is 67.3 Å². The molecule has 0 bridgehead atoms. The number of amides is 1. The van der Waals surface area contributed by atoms with Crippen LogP contribution in [-0.4, -0.2) is 32.2 Å². The summed E-state index contributed by atoms with van der Waals surface area (Å²) >= 11 is 0. The number of carbonyl (C=O) groups is 1. The van der Waals surface area contributed by atoms with Crippen molar-refractivity contribution in [1.29, 1.82) is 0 Å². The smallest absolute Gasteiger partial charge is 0.244 e. The third-order valence-electron chi connectivity index (χ3n) is 3.57. The lowest BCUT2D eigenvalue weighted by Crippen LogP contribution is -2.44. The van der Waals surface area contributed by atoms with Crippen LogP contribution in [0.2, 0.25) is 0 Å². The zero-order valence-electron chi connectivity index (χ0n) is 13.9. The summed E-state index contributed by atoms with van der Waals surface area (Å²) in [5, 5.41) is 14.7. The highest BCUT2D eigenvalue weighted by Gasteiger charge is 2.29. The Balaban J connectivity index is 2.89. The number of hydrogen-bond donors (Lipinski definition) is 1. The molecule has 114 valence electrons. The summed E-state index contributed by atoms with van der Waals surface area (Å²) in [5.41, 5.74) is -0.184. The molecule has 0 spiro atoms. The van der Waals surface area contributed by atoms with Gasteiger partial charge in [0, 0.05) is 11.5 Å². The summed E-state index contributed by atoms with van der Waals surface area (Å²) < 4.78 is 1.60. The summed E-state index contributed by atoms with van der Waals surface area (Å²) in [4.78, 5) is 12.4. The summed E-state index contributed by atoms with van der Waals surface area (Å²) in [5.74, 6) is 0.647. The maximum absolute atomic E-state index is 12.4. The molecule has 6 nitrogen and oxygen atoms in total. The molecule has 20 heavy (non-hydrogen) atoms. The molecule has 1 N–H and O–H groups in total. The van der Waals surface area contributed by atoms with Crippen molar-refractivity contribution >= 4 is 5.91 Å². The van der Waals surface area contributed by atoms with E-state index in [2.05, 4.69) is 41.6 Å². The first kappa shape index (κ1) is 16.6. The molecule has 1 amide bonds. The quantitative estimate of drug-likeness (QED) is 0.920. The first-order valence-electron chi connectivity index (χ1n) is 7.03. The molecule has 0 unspecified atom stereocenters. The fraction of sp³-hybridized carbons (Fsp3) is 0.857. The highest BCUT2D eigenvalue weighted by Crippen LogP contribution is 2.22.